The van der Waals surface area contributed by atoms with Crippen LogP contribution in [0.1, 0.15) is 10.4 Å². The van der Waals surface area contributed by atoms with Crippen LogP contribution in [0.5, 0.6) is 5.75 Å². The molecule has 0 unspecified atom stereocenters. The number of hydrogen-bond acceptors (Lipinski definition) is 4. The molecule has 0 aliphatic rings. The Balaban J connectivity index is 2.45. The number of hydrogen-bond donors (Lipinski definition) is 1. The van der Waals surface area contributed by atoms with Gasteiger partial charge in [0.05, 0.1) is 7.11 Å². The van der Waals surface area contributed by atoms with Crippen LogP contribution in [0.3, 0.4) is 0 Å². The zero-order valence-corrected chi connectivity index (χ0v) is 13.9. The molecule has 1 N–H and O–H groups in total. The molecule has 0 fully saturated rings. The normalized spacial score (nSPS) is 11.1. The summed E-state index contributed by atoms with van der Waals surface area (Å²) in [7, 11) is 0.582. The molecule has 1 amide bonds. The Morgan fingerprint density at radius 3 is 2.35 bits per heavy atom. The summed E-state index contributed by atoms with van der Waals surface area (Å²) < 4.78 is 31.5. The molecule has 23 heavy (non-hydrogen) atoms. The number of nitrogens with zero attached hydrogens (tertiary/aromatic N) is 1. The standard InChI is InChI=1S/C16H18N2O4S/c1-17-23(20,21)15-11-12(9-10-14(15)22-3)16(19)18(2)13-7-5-4-6-8-13/h4-11,17H,1-3H3. The molecule has 6 nitrogen and oxygen atoms in total. The Morgan fingerprint density at radius 2 is 1.78 bits per heavy atom. The Morgan fingerprint density at radius 1 is 1.13 bits per heavy atom. The van der Waals surface area contributed by atoms with Crippen molar-refractivity contribution < 1.29 is 17.9 Å². The lowest BCUT2D eigenvalue weighted by Gasteiger charge is -2.18. The molecule has 0 radical (unpaired) electrons. The van der Waals surface area contributed by atoms with Crippen molar-refractivity contribution in [1.29, 1.82) is 0 Å². The SMILES string of the molecule is CNS(=O)(=O)c1cc(C(=O)N(C)c2ccccc2)ccc1OC. The fourth-order valence-corrected chi connectivity index (χ4v) is 3.01. The molecule has 2 aromatic carbocycles. The first-order valence-corrected chi connectivity index (χ1v) is 8.33. The van der Waals surface area contributed by atoms with Crippen molar-refractivity contribution in [3.05, 3.63) is 54.1 Å². The molecule has 0 heterocycles. The van der Waals surface area contributed by atoms with Crippen molar-refractivity contribution in [3.63, 3.8) is 0 Å². The number of sulfonamides is 1. The van der Waals surface area contributed by atoms with Crippen molar-refractivity contribution in [3.8, 4) is 5.75 Å². The Kier molecular flexibility index (Phi) is 5.02. The molecular formula is C16H18N2O4S. The number of amides is 1. The third-order valence-corrected chi connectivity index (χ3v) is 4.85. The van der Waals surface area contributed by atoms with Crippen LogP contribution in [0, 0.1) is 0 Å². The van der Waals surface area contributed by atoms with Gasteiger partial charge in [0.2, 0.25) is 10.0 Å². The Hall–Kier alpha value is -2.38. The zero-order chi connectivity index (χ0) is 17.0. The fourth-order valence-electron chi connectivity index (χ4n) is 2.09. The third-order valence-electron chi connectivity index (χ3n) is 3.42. The number of ether oxygens (including phenoxy) is 1. The Labute approximate surface area is 135 Å². The van der Waals surface area contributed by atoms with Gasteiger partial charge in [-0.15, -0.1) is 0 Å². The minimum absolute atomic E-state index is 0.0742. The smallest absolute Gasteiger partial charge is 0.258 e. The van der Waals surface area contributed by atoms with Gasteiger partial charge in [-0.05, 0) is 37.4 Å². The summed E-state index contributed by atoms with van der Waals surface area (Å²) in [6, 6.07) is 13.4. The molecule has 7 heteroatoms. The van der Waals surface area contributed by atoms with E-state index < -0.39 is 10.0 Å². The zero-order valence-electron chi connectivity index (χ0n) is 13.1. The molecule has 0 aliphatic carbocycles. The third kappa shape index (κ3) is 3.52. The van der Waals surface area contributed by atoms with E-state index >= 15 is 0 Å². The molecule has 122 valence electrons. The highest BCUT2D eigenvalue weighted by Gasteiger charge is 2.21. The average molecular weight is 334 g/mol. The number of para-hydroxylation sites is 1. The van der Waals surface area contributed by atoms with Crippen LogP contribution >= 0.6 is 0 Å². The second kappa shape index (κ2) is 6.80. The summed E-state index contributed by atoms with van der Waals surface area (Å²) in [4.78, 5) is 14.0. The molecule has 0 saturated heterocycles. The van der Waals surface area contributed by atoms with Crippen molar-refractivity contribution >= 4 is 21.6 Å². The second-order valence-electron chi connectivity index (χ2n) is 4.77. The van der Waals surface area contributed by atoms with Gasteiger partial charge in [0.25, 0.3) is 5.91 Å². The lowest BCUT2D eigenvalue weighted by atomic mass is 10.2. The van der Waals surface area contributed by atoms with E-state index in [1.807, 2.05) is 18.2 Å². The van der Waals surface area contributed by atoms with Crippen molar-refractivity contribution in [1.82, 2.24) is 4.72 Å². The van der Waals surface area contributed by atoms with Crippen molar-refractivity contribution in [2.75, 3.05) is 26.1 Å². The first kappa shape index (κ1) is 17.0. The van der Waals surface area contributed by atoms with E-state index in [-0.39, 0.29) is 22.1 Å². The summed E-state index contributed by atoms with van der Waals surface area (Å²) in [5, 5.41) is 0. The molecule has 2 aromatic rings. The molecule has 2 rings (SSSR count). The number of carbonyl (C=O) groups is 1. The van der Waals surface area contributed by atoms with Crippen LogP contribution in [-0.4, -0.2) is 35.5 Å². The summed E-state index contributed by atoms with van der Waals surface area (Å²) in [6.07, 6.45) is 0. The van der Waals surface area contributed by atoms with Gasteiger partial charge < -0.3 is 9.64 Å². The number of benzene rings is 2. The minimum Gasteiger partial charge on any atom is -0.495 e. The first-order chi connectivity index (χ1) is 10.9. The van der Waals surface area contributed by atoms with Crippen molar-refractivity contribution in [2.24, 2.45) is 0 Å². The van der Waals surface area contributed by atoms with Crippen LogP contribution < -0.4 is 14.4 Å². The van der Waals surface area contributed by atoms with E-state index in [0.717, 1.165) is 0 Å². The number of anilines is 1. The Bertz CT molecular complexity index is 804. The van der Waals surface area contributed by atoms with Crippen molar-refractivity contribution in [2.45, 2.75) is 4.90 Å². The van der Waals surface area contributed by atoms with Gasteiger partial charge in [-0.1, -0.05) is 18.2 Å². The topological polar surface area (TPSA) is 75.7 Å². The van der Waals surface area contributed by atoms with Gasteiger partial charge in [0.15, 0.2) is 0 Å². The molecule has 0 aromatic heterocycles. The number of nitrogens with one attached hydrogen (secondary N) is 1. The van der Waals surface area contributed by atoms with E-state index in [2.05, 4.69) is 4.72 Å². The number of methoxy groups -OCH3 is 1. The maximum absolute atomic E-state index is 12.6. The predicted molar refractivity (Wildman–Crippen MR) is 88.4 cm³/mol. The monoisotopic (exact) mass is 334 g/mol. The van der Waals surface area contributed by atoms with E-state index in [9.17, 15) is 13.2 Å². The van der Waals surface area contributed by atoms with Crippen LogP contribution in [0.2, 0.25) is 0 Å². The molecule has 0 bridgehead atoms. The number of carbonyl (C=O) groups excluding carboxylic acids is 1. The maximum Gasteiger partial charge on any atom is 0.258 e. The van der Waals surface area contributed by atoms with Crippen LogP contribution in [0.25, 0.3) is 0 Å². The van der Waals surface area contributed by atoms with Gasteiger partial charge >= 0.3 is 0 Å². The largest absolute Gasteiger partial charge is 0.495 e. The molecular weight excluding hydrogens is 316 g/mol. The summed E-state index contributed by atoms with van der Waals surface area (Å²) in [5.74, 6) is -0.135. The van der Waals surface area contributed by atoms with Gasteiger partial charge in [0.1, 0.15) is 10.6 Å². The summed E-state index contributed by atoms with van der Waals surface area (Å²) >= 11 is 0. The van der Waals surface area contributed by atoms with E-state index in [1.54, 1.807) is 19.2 Å². The second-order valence-corrected chi connectivity index (χ2v) is 6.63. The van der Waals surface area contributed by atoms with E-state index in [0.29, 0.717) is 5.69 Å². The highest BCUT2D eigenvalue weighted by atomic mass is 32.2. The average Bonchev–Trinajstić information content (AvgIpc) is 2.60. The van der Waals surface area contributed by atoms with Gasteiger partial charge in [-0.3, -0.25) is 4.79 Å². The molecule has 0 saturated carbocycles. The van der Waals surface area contributed by atoms with Gasteiger partial charge in [0, 0.05) is 18.3 Å². The highest BCUT2D eigenvalue weighted by Crippen LogP contribution is 2.26. The predicted octanol–water partition coefficient (Wildman–Crippen LogP) is 1.88. The maximum atomic E-state index is 12.6. The molecule has 0 atom stereocenters. The lowest BCUT2D eigenvalue weighted by Crippen LogP contribution is -2.27. The fraction of sp³-hybridized carbons (Fsp3) is 0.188. The minimum atomic E-state index is -3.73. The summed E-state index contributed by atoms with van der Waals surface area (Å²) in [5.41, 5.74) is 0.970. The lowest BCUT2D eigenvalue weighted by molar-refractivity contribution is 0.0992. The quantitative estimate of drug-likeness (QED) is 0.906. The van der Waals surface area contributed by atoms with E-state index in [1.165, 1.54) is 37.3 Å². The van der Waals surface area contributed by atoms with Crippen LogP contribution in [0.4, 0.5) is 5.69 Å². The van der Waals surface area contributed by atoms with E-state index in [4.69, 9.17) is 4.74 Å². The van der Waals surface area contributed by atoms with Gasteiger partial charge in [-0.25, -0.2) is 13.1 Å². The van der Waals surface area contributed by atoms with Gasteiger partial charge in [-0.2, -0.15) is 0 Å². The number of rotatable bonds is 5. The molecule has 0 spiro atoms. The van der Waals surface area contributed by atoms with Crippen LogP contribution in [-0.2, 0) is 10.0 Å². The first-order valence-electron chi connectivity index (χ1n) is 6.85. The highest BCUT2D eigenvalue weighted by molar-refractivity contribution is 7.89. The summed E-state index contributed by atoms with van der Waals surface area (Å²) in [6.45, 7) is 0. The van der Waals surface area contributed by atoms with Crippen LogP contribution in [0.15, 0.2) is 53.4 Å². The molecule has 0 aliphatic heterocycles.